The molecule has 0 radical (unpaired) electrons. The Hall–Kier alpha value is -1.60. The first-order valence-corrected chi connectivity index (χ1v) is 4.62. The highest BCUT2D eigenvalue weighted by Crippen LogP contribution is 2.28. The molecule has 1 saturated heterocycles. The quantitative estimate of drug-likeness (QED) is 0.599. The molecular formula is C10H6O6. The average Bonchev–Trinajstić information content (AvgIpc) is 2.36. The minimum Gasteiger partial charge on any atom is -0.291 e. The third kappa shape index (κ3) is 1.22. The lowest BCUT2D eigenvalue weighted by atomic mass is 9.86. The highest BCUT2D eigenvalue weighted by atomic mass is 17.7. The van der Waals surface area contributed by atoms with Crippen LogP contribution in [0.2, 0.25) is 0 Å². The summed E-state index contributed by atoms with van der Waals surface area (Å²) in [5.74, 6) is -0.716. The minimum absolute atomic E-state index is 0.308. The lowest BCUT2D eigenvalue weighted by molar-refractivity contribution is -0.678. The van der Waals surface area contributed by atoms with E-state index in [9.17, 15) is 9.59 Å². The normalized spacial score (nSPS) is 28.5. The number of hydrogen-bond donors (Lipinski definition) is 0. The van der Waals surface area contributed by atoms with Crippen molar-refractivity contribution in [2.75, 3.05) is 0 Å². The summed E-state index contributed by atoms with van der Waals surface area (Å²) in [6, 6.07) is 6.46. The highest BCUT2D eigenvalue weighted by Gasteiger charge is 2.47. The summed E-state index contributed by atoms with van der Waals surface area (Å²) in [5, 5.41) is 8.15. The van der Waals surface area contributed by atoms with Crippen LogP contribution in [0.1, 0.15) is 20.7 Å². The van der Waals surface area contributed by atoms with E-state index in [-0.39, 0.29) is 11.6 Å². The first-order chi connectivity index (χ1) is 7.79. The molecule has 1 aliphatic heterocycles. The van der Waals surface area contributed by atoms with Gasteiger partial charge in [0.05, 0.1) is 0 Å². The monoisotopic (exact) mass is 222 g/mol. The van der Waals surface area contributed by atoms with Crippen molar-refractivity contribution in [3.05, 3.63) is 35.4 Å². The molecular weight excluding hydrogens is 216 g/mol. The van der Waals surface area contributed by atoms with Crippen LogP contribution in [0.3, 0.4) is 0 Å². The highest BCUT2D eigenvalue weighted by molar-refractivity contribution is 6.18. The Kier molecular flexibility index (Phi) is 2.08. The second kappa shape index (κ2) is 3.46. The lowest BCUT2D eigenvalue weighted by Crippen LogP contribution is -2.50. The molecule has 0 bridgehead atoms. The van der Waals surface area contributed by atoms with Gasteiger partial charge in [0.25, 0.3) is 0 Å². The van der Waals surface area contributed by atoms with Gasteiger partial charge in [-0.3, -0.25) is 9.59 Å². The van der Waals surface area contributed by atoms with E-state index in [2.05, 4.69) is 19.9 Å². The Morgan fingerprint density at radius 2 is 1.25 bits per heavy atom. The predicted octanol–water partition coefficient (Wildman–Crippen LogP) is 0.628. The standard InChI is InChI=1S/C10H6O6/c11-7-5-3-1-2-4-6(5)8(12)10-9(7)13-15-16-14-10/h1-4,9-10H. The van der Waals surface area contributed by atoms with Gasteiger partial charge < -0.3 is 0 Å². The van der Waals surface area contributed by atoms with Gasteiger partial charge in [0, 0.05) is 11.1 Å². The van der Waals surface area contributed by atoms with Gasteiger partial charge in [-0.25, -0.2) is 0 Å². The Morgan fingerprint density at radius 3 is 1.69 bits per heavy atom. The fourth-order valence-electron chi connectivity index (χ4n) is 1.80. The summed E-state index contributed by atoms with van der Waals surface area (Å²) in [7, 11) is 0. The van der Waals surface area contributed by atoms with Crippen LogP contribution < -0.4 is 0 Å². The molecule has 16 heavy (non-hydrogen) atoms. The van der Waals surface area contributed by atoms with Crippen LogP contribution in [0.4, 0.5) is 0 Å². The molecule has 6 heteroatoms. The zero-order valence-corrected chi connectivity index (χ0v) is 7.91. The molecule has 0 spiro atoms. The van der Waals surface area contributed by atoms with Crippen LogP contribution in [0.25, 0.3) is 0 Å². The molecule has 0 amide bonds. The summed E-state index contributed by atoms with van der Waals surface area (Å²) in [6.45, 7) is 0. The van der Waals surface area contributed by atoms with Crippen molar-refractivity contribution < 1.29 is 29.4 Å². The van der Waals surface area contributed by atoms with Gasteiger partial charge in [-0.05, 0) is 10.1 Å². The fourth-order valence-corrected chi connectivity index (χ4v) is 1.80. The minimum atomic E-state index is -1.10. The maximum absolute atomic E-state index is 11.9. The fraction of sp³-hybridized carbons (Fsp3) is 0.200. The summed E-state index contributed by atoms with van der Waals surface area (Å²) in [6.07, 6.45) is -2.20. The Bertz CT molecular complexity index is 425. The van der Waals surface area contributed by atoms with Crippen molar-refractivity contribution >= 4 is 11.6 Å². The van der Waals surface area contributed by atoms with Crippen molar-refractivity contribution in [1.29, 1.82) is 0 Å². The largest absolute Gasteiger partial charge is 0.291 e. The van der Waals surface area contributed by atoms with E-state index in [0.717, 1.165) is 0 Å². The van der Waals surface area contributed by atoms with Crippen LogP contribution in [0.5, 0.6) is 0 Å². The third-order valence-corrected chi connectivity index (χ3v) is 2.56. The first kappa shape index (κ1) is 9.61. The maximum Gasteiger partial charge on any atom is 0.199 e. The predicted molar refractivity (Wildman–Crippen MR) is 47.0 cm³/mol. The number of rotatable bonds is 0. The summed E-state index contributed by atoms with van der Waals surface area (Å²) in [4.78, 5) is 33.0. The van der Waals surface area contributed by atoms with Crippen molar-refractivity contribution in [2.24, 2.45) is 0 Å². The van der Waals surface area contributed by atoms with Gasteiger partial charge in [0.2, 0.25) is 0 Å². The van der Waals surface area contributed by atoms with Crippen LogP contribution in [-0.4, -0.2) is 23.8 Å². The molecule has 2 atom stereocenters. The second-order valence-corrected chi connectivity index (χ2v) is 3.44. The van der Waals surface area contributed by atoms with E-state index in [4.69, 9.17) is 0 Å². The molecule has 82 valence electrons. The Labute approximate surface area is 89.4 Å². The van der Waals surface area contributed by atoms with Crippen molar-refractivity contribution in [3.8, 4) is 0 Å². The van der Waals surface area contributed by atoms with E-state index < -0.39 is 12.2 Å². The summed E-state index contributed by atoms with van der Waals surface area (Å²) >= 11 is 0. The topological polar surface area (TPSA) is 71.1 Å². The number of carbonyl (C=O) groups is 2. The van der Waals surface area contributed by atoms with Crippen molar-refractivity contribution in [1.82, 2.24) is 0 Å². The molecule has 1 aromatic carbocycles. The van der Waals surface area contributed by atoms with Gasteiger partial charge in [0.1, 0.15) is 0 Å². The van der Waals surface area contributed by atoms with E-state index in [1.54, 1.807) is 24.3 Å². The SMILES string of the molecule is O=C1c2ccccc2C(=O)C2OOOOC12. The molecule has 1 fully saturated rings. The molecule has 6 nitrogen and oxygen atoms in total. The molecule has 1 aromatic rings. The van der Waals surface area contributed by atoms with Gasteiger partial charge in [-0.2, -0.15) is 9.78 Å². The third-order valence-electron chi connectivity index (χ3n) is 2.56. The van der Waals surface area contributed by atoms with E-state index in [0.29, 0.717) is 11.1 Å². The van der Waals surface area contributed by atoms with Gasteiger partial charge in [0.15, 0.2) is 23.8 Å². The molecule has 2 aliphatic rings. The van der Waals surface area contributed by atoms with E-state index >= 15 is 0 Å². The molecule has 2 unspecified atom stereocenters. The maximum atomic E-state index is 11.9. The smallest absolute Gasteiger partial charge is 0.199 e. The van der Waals surface area contributed by atoms with Gasteiger partial charge in [-0.15, -0.1) is 0 Å². The van der Waals surface area contributed by atoms with E-state index in [1.807, 2.05) is 0 Å². The molecule has 3 rings (SSSR count). The number of benzene rings is 1. The zero-order valence-electron chi connectivity index (χ0n) is 7.91. The van der Waals surface area contributed by atoms with E-state index in [1.165, 1.54) is 0 Å². The molecule has 1 heterocycles. The van der Waals surface area contributed by atoms with Crippen LogP contribution in [-0.2, 0) is 19.9 Å². The van der Waals surface area contributed by atoms with Crippen LogP contribution >= 0.6 is 0 Å². The summed E-state index contributed by atoms with van der Waals surface area (Å²) in [5.41, 5.74) is 0.616. The molecule has 1 aliphatic carbocycles. The van der Waals surface area contributed by atoms with Gasteiger partial charge >= 0.3 is 0 Å². The zero-order chi connectivity index (χ0) is 11.1. The van der Waals surface area contributed by atoms with Gasteiger partial charge in [-0.1, -0.05) is 24.3 Å². The Balaban J connectivity index is 2.12. The number of hydrogen-bond acceptors (Lipinski definition) is 6. The second-order valence-electron chi connectivity index (χ2n) is 3.44. The molecule has 0 N–H and O–H groups in total. The van der Waals surface area contributed by atoms with Crippen LogP contribution in [0.15, 0.2) is 24.3 Å². The van der Waals surface area contributed by atoms with Crippen LogP contribution in [0, 0.1) is 0 Å². The first-order valence-electron chi connectivity index (χ1n) is 4.62. The molecule has 0 aromatic heterocycles. The van der Waals surface area contributed by atoms with Crippen molar-refractivity contribution in [3.63, 3.8) is 0 Å². The number of Topliss-reactive ketones (excluding diaryl/α,β-unsaturated/α-hetero) is 2. The number of ketones is 2. The lowest BCUT2D eigenvalue weighted by Gasteiger charge is -2.30. The molecule has 0 saturated carbocycles. The Morgan fingerprint density at radius 1 is 0.812 bits per heavy atom. The summed E-state index contributed by atoms with van der Waals surface area (Å²) < 4.78 is 0. The number of fused-ring (bicyclic) bond motifs is 2. The van der Waals surface area contributed by atoms with Crippen molar-refractivity contribution in [2.45, 2.75) is 12.2 Å². The number of carbonyl (C=O) groups excluding carboxylic acids is 2. The average molecular weight is 222 g/mol.